The normalized spacial score (nSPS) is 12.4. The molecule has 0 atom stereocenters. The third-order valence-corrected chi connectivity index (χ3v) is 8.09. The van der Waals surface area contributed by atoms with Gasteiger partial charge in [-0.2, -0.15) is 0 Å². The molecule has 6 aromatic rings. The summed E-state index contributed by atoms with van der Waals surface area (Å²) in [5.74, 6) is 5.55. The van der Waals surface area contributed by atoms with Crippen LogP contribution in [-0.2, 0) is 5.41 Å². The summed E-state index contributed by atoms with van der Waals surface area (Å²) in [6.07, 6.45) is 5.41. The molecule has 0 aliphatic heterocycles. The van der Waals surface area contributed by atoms with Crippen molar-refractivity contribution in [1.82, 2.24) is 0 Å². The van der Waals surface area contributed by atoms with Crippen molar-refractivity contribution in [1.29, 1.82) is 0 Å². The number of hydrogen-bond acceptors (Lipinski definition) is 4. The predicted octanol–water partition coefficient (Wildman–Crippen LogP) is 9.26. The Balaban J connectivity index is 1.30. The van der Waals surface area contributed by atoms with E-state index >= 15 is 0 Å². The molecule has 212 valence electrons. The molecule has 0 spiro atoms. The lowest BCUT2D eigenvalue weighted by Gasteiger charge is -2.34. The van der Waals surface area contributed by atoms with Gasteiger partial charge in [-0.25, -0.2) is 0 Å². The molecule has 0 radical (unpaired) electrons. The van der Waals surface area contributed by atoms with Gasteiger partial charge in [0.25, 0.3) is 0 Å². The van der Waals surface area contributed by atoms with Crippen LogP contribution in [0.15, 0.2) is 146 Å². The lowest BCUT2D eigenvalue weighted by molar-refractivity contribution is 0.482. The van der Waals surface area contributed by atoms with Crippen LogP contribution in [0.3, 0.4) is 0 Å². The van der Waals surface area contributed by atoms with Crippen molar-refractivity contribution >= 4 is 11.4 Å². The molecular weight excluding hydrogens is 540 g/mol. The second-order valence-corrected chi connectivity index (χ2v) is 10.8. The Hall–Kier alpha value is -5.92. The molecule has 0 saturated carbocycles. The maximum Gasteiger partial charge on any atom is 0.129 e. The fourth-order valence-corrected chi connectivity index (χ4v) is 6.24. The average molecular weight is 571 g/mol. The van der Waals surface area contributed by atoms with Crippen molar-refractivity contribution in [2.75, 3.05) is 17.6 Å². The maximum absolute atomic E-state index is 6.26. The highest BCUT2D eigenvalue weighted by molar-refractivity contribution is 5.86. The Kier molecular flexibility index (Phi) is 6.98. The minimum absolute atomic E-state index is 0.456. The van der Waals surface area contributed by atoms with Gasteiger partial charge in [0.2, 0.25) is 0 Å². The quantitative estimate of drug-likeness (QED) is 0.141. The van der Waals surface area contributed by atoms with Crippen molar-refractivity contribution in [2.45, 2.75) is 5.41 Å². The molecule has 7 rings (SSSR count). The van der Waals surface area contributed by atoms with Crippen LogP contribution in [0.2, 0.25) is 0 Å². The van der Waals surface area contributed by atoms with Gasteiger partial charge < -0.3 is 20.5 Å². The van der Waals surface area contributed by atoms with Crippen molar-refractivity contribution in [2.24, 2.45) is 0 Å². The second-order valence-electron chi connectivity index (χ2n) is 10.8. The maximum atomic E-state index is 6.26. The van der Waals surface area contributed by atoms with Crippen LogP contribution in [0, 0.1) is 12.3 Å². The van der Waals surface area contributed by atoms with Crippen molar-refractivity contribution in [3.63, 3.8) is 0 Å². The van der Waals surface area contributed by atoms with Gasteiger partial charge in [0.1, 0.15) is 23.0 Å². The molecule has 4 nitrogen and oxygen atoms in total. The predicted molar refractivity (Wildman–Crippen MR) is 179 cm³/mol. The van der Waals surface area contributed by atoms with E-state index in [-0.39, 0.29) is 0 Å². The van der Waals surface area contributed by atoms with E-state index in [2.05, 4.69) is 84.0 Å². The minimum Gasteiger partial charge on any atom is -0.457 e. The van der Waals surface area contributed by atoms with E-state index in [4.69, 9.17) is 21.6 Å². The van der Waals surface area contributed by atoms with Crippen LogP contribution in [-0.4, -0.2) is 6.54 Å². The number of anilines is 2. The summed E-state index contributed by atoms with van der Waals surface area (Å²) >= 11 is 0. The van der Waals surface area contributed by atoms with Gasteiger partial charge in [-0.15, -0.1) is 6.42 Å². The Bertz CT molecular complexity index is 1940. The Labute approximate surface area is 257 Å². The average Bonchev–Trinajstić information content (AvgIpc) is 3.36. The fourth-order valence-electron chi connectivity index (χ4n) is 6.24. The summed E-state index contributed by atoms with van der Waals surface area (Å²) in [7, 11) is 0. The fraction of sp³-hybridized carbons (Fsp3) is 0.0500. The third-order valence-electron chi connectivity index (χ3n) is 8.09. The van der Waals surface area contributed by atoms with Gasteiger partial charge in [0.05, 0.1) is 12.0 Å². The number of nitrogen functional groups attached to an aromatic ring is 1. The van der Waals surface area contributed by atoms with Crippen LogP contribution in [0.1, 0.15) is 22.3 Å². The molecule has 0 saturated heterocycles. The van der Waals surface area contributed by atoms with E-state index in [1.54, 1.807) is 0 Å². The molecule has 1 aliphatic rings. The number of hydrogen-bond donors (Lipinski definition) is 2. The van der Waals surface area contributed by atoms with Crippen molar-refractivity contribution in [3.8, 4) is 46.5 Å². The lowest BCUT2D eigenvalue weighted by atomic mass is 9.68. The third kappa shape index (κ3) is 4.81. The van der Waals surface area contributed by atoms with Gasteiger partial charge in [-0.3, -0.25) is 0 Å². The number of benzene rings is 6. The summed E-state index contributed by atoms with van der Waals surface area (Å²) in [5.41, 5.74) is 14.3. The van der Waals surface area contributed by atoms with Gasteiger partial charge in [0, 0.05) is 23.5 Å². The van der Waals surface area contributed by atoms with E-state index in [1.165, 1.54) is 22.3 Å². The van der Waals surface area contributed by atoms with Crippen LogP contribution < -0.4 is 20.5 Å². The molecule has 4 heteroatoms. The summed E-state index contributed by atoms with van der Waals surface area (Å²) in [6, 6.07) is 49.5. The molecule has 0 heterocycles. The molecule has 44 heavy (non-hydrogen) atoms. The molecule has 3 N–H and O–H groups in total. The summed E-state index contributed by atoms with van der Waals surface area (Å²) in [4.78, 5) is 0. The van der Waals surface area contributed by atoms with Crippen LogP contribution >= 0.6 is 0 Å². The van der Waals surface area contributed by atoms with Gasteiger partial charge in [0.15, 0.2) is 0 Å². The molecule has 1 aliphatic carbocycles. The first-order valence-corrected chi connectivity index (χ1v) is 14.5. The van der Waals surface area contributed by atoms with E-state index in [1.807, 2.05) is 72.8 Å². The van der Waals surface area contributed by atoms with E-state index in [0.717, 1.165) is 34.1 Å². The zero-order valence-electron chi connectivity index (χ0n) is 24.0. The number of nitrogens with two attached hydrogens (primary N) is 1. The molecule has 6 aromatic carbocycles. The van der Waals surface area contributed by atoms with Crippen molar-refractivity contribution < 1.29 is 9.47 Å². The number of fused-ring (bicyclic) bond motifs is 3. The van der Waals surface area contributed by atoms with E-state index in [9.17, 15) is 0 Å². The SMILES string of the molecule is C#CCNc1cccc(Oc2ccc(C3(c4ccc(Oc5cccc(N)c5)cc4)c4ccccc4-c4ccccc43)cc2)c1. The lowest BCUT2D eigenvalue weighted by Crippen LogP contribution is -2.28. The first-order chi connectivity index (χ1) is 21.6. The highest BCUT2D eigenvalue weighted by Crippen LogP contribution is 2.56. The molecular formula is C40H30N2O2. The summed E-state index contributed by atoms with van der Waals surface area (Å²) in [5, 5.41) is 3.20. The summed E-state index contributed by atoms with van der Waals surface area (Å²) < 4.78 is 12.4. The molecule has 0 bridgehead atoms. The Morgan fingerprint density at radius 1 is 0.568 bits per heavy atom. The highest BCUT2D eigenvalue weighted by atomic mass is 16.5. The number of ether oxygens (including phenoxy) is 2. The second kappa shape index (κ2) is 11.4. The monoisotopic (exact) mass is 570 g/mol. The Morgan fingerprint density at radius 3 is 1.64 bits per heavy atom. The molecule has 0 unspecified atom stereocenters. The first kappa shape index (κ1) is 26.9. The smallest absolute Gasteiger partial charge is 0.129 e. The number of nitrogens with one attached hydrogen (secondary N) is 1. The molecule has 0 aromatic heterocycles. The largest absolute Gasteiger partial charge is 0.457 e. The standard InChI is InChI=1S/C40H30N2O2/c1-2-25-42-31-10-8-12-35(27-31)44-33-23-19-29(20-24-33)40(38-15-5-3-13-36(38)37-14-4-6-16-39(37)40)28-17-21-32(22-18-28)43-34-11-7-9-30(41)26-34/h1,3-24,26-27,42H,25,41H2. The topological polar surface area (TPSA) is 56.5 Å². The Morgan fingerprint density at radius 2 is 1.09 bits per heavy atom. The van der Waals surface area contributed by atoms with Crippen LogP contribution in [0.4, 0.5) is 11.4 Å². The zero-order chi connectivity index (χ0) is 29.9. The van der Waals surface area contributed by atoms with E-state index in [0.29, 0.717) is 18.0 Å². The first-order valence-electron chi connectivity index (χ1n) is 14.5. The van der Waals surface area contributed by atoms with Gasteiger partial charge in [-0.05, 0) is 81.9 Å². The number of terminal acetylenes is 1. The minimum atomic E-state index is -0.527. The van der Waals surface area contributed by atoms with Gasteiger partial charge in [-0.1, -0.05) is 90.8 Å². The van der Waals surface area contributed by atoms with Gasteiger partial charge >= 0.3 is 0 Å². The number of rotatable bonds is 8. The van der Waals surface area contributed by atoms with Crippen molar-refractivity contribution in [3.05, 3.63) is 168 Å². The highest BCUT2D eigenvalue weighted by Gasteiger charge is 2.45. The molecule has 0 amide bonds. The molecule has 0 fully saturated rings. The van der Waals surface area contributed by atoms with Crippen LogP contribution in [0.25, 0.3) is 11.1 Å². The van der Waals surface area contributed by atoms with E-state index < -0.39 is 5.41 Å². The van der Waals surface area contributed by atoms with Crippen LogP contribution in [0.5, 0.6) is 23.0 Å². The zero-order valence-corrected chi connectivity index (χ0v) is 24.0. The summed E-state index contributed by atoms with van der Waals surface area (Å²) in [6.45, 7) is 0.456.